The third kappa shape index (κ3) is 2.96. The molecular formula is C15H27N3. The van der Waals surface area contributed by atoms with Crippen molar-refractivity contribution in [3.8, 4) is 0 Å². The van der Waals surface area contributed by atoms with Gasteiger partial charge in [-0.15, -0.1) is 0 Å². The van der Waals surface area contributed by atoms with Gasteiger partial charge in [-0.2, -0.15) is 0 Å². The molecule has 1 aliphatic carbocycles. The fourth-order valence-corrected chi connectivity index (χ4v) is 3.06. The fourth-order valence-electron chi connectivity index (χ4n) is 3.06. The molecule has 0 spiro atoms. The molecule has 1 atom stereocenters. The van der Waals surface area contributed by atoms with Gasteiger partial charge in [0, 0.05) is 24.5 Å². The van der Waals surface area contributed by atoms with Crippen LogP contribution in [0.1, 0.15) is 44.0 Å². The van der Waals surface area contributed by atoms with Crippen LogP contribution in [0.15, 0.2) is 12.3 Å². The normalized spacial score (nSPS) is 22.2. The summed E-state index contributed by atoms with van der Waals surface area (Å²) in [6, 6.07) is 2.45. The first-order valence-electron chi connectivity index (χ1n) is 6.97. The Kier molecular flexibility index (Phi) is 3.83. The molecule has 2 rings (SSSR count). The first kappa shape index (κ1) is 13.6. The Morgan fingerprint density at radius 2 is 2.17 bits per heavy atom. The largest absolute Gasteiger partial charge is 0.351 e. The summed E-state index contributed by atoms with van der Waals surface area (Å²) < 4.78 is 2.42. The van der Waals surface area contributed by atoms with E-state index >= 15 is 0 Å². The van der Waals surface area contributed by atoms with Gasteiger partial charge in [0.2, 0.25) is 0 Å². The minimum Gasteiger partial charge on any atom is -0.351 e. The topological polar surface area (TPSA) is 34.2 Å². The van der Waals surface area contributed by atoms with Gasteiger partial charge in [-0.3, -0.25) is 0 Å². The predicted octanol–water partition coefficient (Wildman–Crippen LogP) is 2.41. The number of hydrogen-bond acceptors (Lipinski definition) is 2. The van der Waals surface area contributed by atoms with Crippen LogP contribution in [0.2, 0.25) is 0 Å². The van der Waals surface area contributed by atoms with Crippen LogP contribution in [0, 0.1) is 5.41 Å². The molecule has 1 aliphatic rings. The molecule has 3 heteroatoms. The van der Waals surface area contributed by atoms with Crippen molar-refractivity contribution >= 4 is 0 Å². The van der Waals surface area contributed by atoms with Gasteiger partial charge >= 0.3 is 0 Å². The van der Waals surface area contributed by atoms with Crippen LogP contribution in [-0.4, -0.2) is 30.1 Å². The highest BCUT2D eigenvalue weighted by atomic mass is 15.1. The molecule has 1 unspecified atom stereocenters. The van der Waals surface area contributed by atoms with Gasteiger partial charge in [-0.25, -0.2) is 0 Å². The molecule has 3 nitrogen and oxygen atoms in total. The molecule has 1 aromatic heterocycles. The maximum Gasteiger partial charge on any atom is 0.0318 e. The first-order valence-corrected chi connectivity index (χ1v) is 6.97. The number of aromatic nitrogens is 1. The van der Waals surface area contributed by atoms with E-state index in [0.29, 0.717) is 5.41 Å². The van der Waals surface area contributed by atoms with E-state index in [-0.39, 0.29) is 6.04 Å². The van der Waals surface area contributed by atoms with Crippen molar-refractivity contribution in [2.45, 2.75) is 45.7 Å². The van der Waals surface area contributed by atoms with Crippen molar-refractivity contribution in [1.82, 2.24) is 9.47 Å². The SMILES string of the molecule is CN(C)CCCn1ccc2c1CC(C)(C)CC2N. The molecule has 1 aromatic rings. The summed E-state index contributed by atoms with van der Waals surface area (Å²) in [5.74, 6) is 0. The average Bonchev–Trinajstić information content (AvgIpc) is 2.59. The molecule has 0 saturated carbocycles. The molecule has 0 amide bonds. The van der Waals surface area contributed by atoms with E-state index < -0.39 is 0 Å². The molecule has 0 saturated heterocycles. The highest BCUT2D eigenvalue weighted by Gasteiger charge is 2.32. The summed E-state index contributed by atoms with van der Waals surface area (Å²) in [5, 5.41) is 0. The van der Waals surface area contributed by atoms with Crippen LogP contribution in [0.4, 0.5) is 0 Å². The van der Waals surface area contributed by atoms with E-state index in [9.17, 15) is 0 Å². The Balaban J connectivity index is 2.10. The Morgan fingerprint density at radius 1 is 1.44 bits per heavy atom. The summed E-state index contributed by atoms with van der Waals surface area (Å²) in [6.07, 6.45) is 5.68. The summed E-state index contributed by atoms with van der Waals surface area (Å²) in [5.41, 5.74) is 9.47. The van der Waals surface area contributed by atoms with Crippen molar-refractivity contribution in [1.29, 1.82) is 0 Å². The molecule has 0 aromatic carbocycles. The van der Waals surface area contributed by atoms with Gasteiger partial charge in [0.25, 0.3) is 0 Å². The zero-order chi connectivity index (χ0) is 13.3. The van der Waals surface area contributed by atoms with Crippen molar-refractivity contribution in [3.05, 3.63) is 23.5 Å². The van der Waals surface area contributed by atoms with Crippen LogP contribution >= 0.6 is 0 Å². The molecule has 0 bridgehead atoms. The summed E-state index contributed by atoms with van der Waals surface area (Å²) in [7, 11) is 4.26. The standard InChI is InChI=1S/C15H27N3/c1-15(2)10-13(16)12-6-9-18(14(12)11-15)8-5-7-17(3)4/h6,9,13H,5,7-8,10-11,16H2,1-4H3. The monoisotopic (exact) mass is 249 g/mol. The zero-order valence-electron chi connectivity index (χ0n) is 12.2. The number of hydrogen-bond donors (Lipinski definition) is 1. The van der Waals surface area contributed by atoms with Crippen LogP contribution in [0.3, 0.4) is 0 Å². The minimum absolute atomic E-state index is 0.221. The molecular weight excluding hydrogens is 222 g/mol. The Morgan fingerprint density at radius 3 is 2.83 bits per heavy atom. The van der Waals surface area contributed by atoms with Gasteiger partial charge in [-0.1, -0.05) is 13.8 Å². The van der Waals surface area contributed by atoms with E-state index in [1.54, 1.807) is 0 Å². The smallest absolute Gasteiger partial charge is 0.0318 e. The highest BCUT2D eigenvalue weighted by molar-refractivity contribution is 5.30. The van der Waals surface area contributed by atoms with E-state index in [4.69, 9.17) is 5.73 Å². The molecule has 0 aliphatic heterocycles. The zero-order valence-corrected chi connectivity index (χ0v) is 12.2. The molecule has 0 fully saturated rings. The number of nitrogens with two attached hydrogens (primary N) is 1. The van der Waals surface area contributed by atoms with E-state index in [1.807, 2.05) is 0 Å². The van der Waals surface area contributed by atoms with Crippen LogP contribution in [-0.2, 0) is 13.0 Å². The van der Waals surface area contributed by atoms with Gasteiger partial charge in [0.05, 0.1) is 0 Å². The quantitative estimate of drug-likeness (QED) is 0.889. The van der Waals surface area contributed by atoms with Gasteiger partial charge in [0.1, 0.15) is 0 Å². The van der Waals surface area contributed by atoms with Crippen molar-refractivity contribution < 1.29 is 0 Å². The Labute approximate surface area is 111 Å². The maximum absolute atomic E-state index is 6.29. The van der Waals surface area contributed by atoms with E-state index in [0.717, 1.165) is 25.9 Å². The first-order chi connectivity index (χ1) is 8.39. The second-order valence-corrected chi connectivity index (χ2v) is 6.72. The number of fused-ring (bicyclic) bond motifs is 1. The number of nitrogens with zero attached hydrogens (tertiary/aromatic N) is 2. The van der Waals surface area contributed by atoms with Gasteiger partial charge < -0.3 is 15.2 Å². The molecule has 102 valence electrons. The van der Waals surface area contributed by atoms with Gasteiger partial charge in [-0.05, 0) is 56.9 Å². The minimum atomic E-state index is 0.221. The van der Waals surface area contributed by atoms with Crippen LogP contribution in [0.25, 0.3) is 0 Å². The second kappa shape index (κ2) is 5.06. The van der Waals surface area contributed by atoms with Crippen molar-refractivity contribution in [3.63, 3.8) is 0 Å². The van der Waals surface area contributed by atoms with Crippen molar-refractivity contribution in [2.24, 2.45) is 11.1 Å². The summed E-state index contributed by atoms with van der Waals surface area (Å²) in [6.45, 7) is 6.90. The van der Waals surface area contributed by atoms with Crippen LogP contribution < -0.4 is 5.73 Å². The average molecular weight is 249 g/mol. The number of rotatable bonds is 4. The lowest BCUT2D eigenvalue weighted by molar-refractivity contribution is 0.274. The predicted molar refractivity (Wildman–Crippen MR) is 76.6 cm³/mol. The third-order valence-electron chi connectivity index (χ3n) is 3.94. The molecule has 1 heterocycles. The maximum atomic E-state index is 6.29. The molecule has 2 N–H and O–H groups in total. The lowest BCUT2D eigenvalue weighted by Crippen LogP contribution is -2.30. The highest BCUT2D eigenvalue weighted by Crippen LogP contribution is 2.39. The molecule has 18 heavy (non-hydrogen) atoms. The summed E-state index contributed by atoms with van der Waals surface area (Å²) in [4.78, 5) is 2.24. The Hall–Kier alpha value is -0.800. The number of aryl methyl sites for hydroxylation is 1. The fraction of sp³-hybridized carbons (Fsp3) is 0.733. The summed E-state index contributed by atoms with van der Waals surface area (Å²) >= 11 is 0. The van der Waals surface area contributed by atoms with Gasteiger partial charge in [0.15, 0.2) is 0 Å². The molecule has 0 radical (unpaired) electrons. The second-order valence-electron chi connectivity index (χ2n) is 6.72. The third-order valence-corrected chi connectivity index (χ3v) is 3.94. The van der Waals surface area contributed by atoms with Crippen molar-refractivity contribution in [2.75, 3.05) is 20.6 Å². The lowest BCUT2D eigenvalue weighted by Gasteiger charge is -2.34. The van der Waals surface area contributed by atoms with E-state index in [1.165, 1.54) is 17.7 Å². The lowest BCUT2D eigenvalue weighted by atomic mass is 9.74. The van der Waals surface area contributed by atoms with Crippen LogP contribution in [0.5, 0.6) is 0 Å². The van der Waals surface area contributed by atoms with E-state index in [2.05, 4.69) is 49.7 Å². The Bertz CT molecular complexity index is 404.